The van der Waals surface area contributed by atoms with E-state index < -0.39 is 11.8 Å². The summed E-state index contributed by atoms with van der Waals surface area (Å²) < 4.78 is 25.5. The first-order valence-electron chi connectivity index (χ1n) is 8.07. The summed E-state index contributed by atoms with van der Waals surface area (Å²) in [7, 11) is 2.95. The lowest BCUT2D eigenvalue weighted by Crippen LogP contribution is -2.07. The Labute approximate surface area is 155 Å². The molecule has 2 aromatic carbocycles. The van der Waals surface area contributed by atoms with E-state index in [0.717, 1.165) is 16.2 Å². The van der Waals surface area contributed by atoms with Crippen molar-refractivity contribution < 1.29 is 18.7 Å². The fraction of sp³-hybridized carbons (Fsp3) is 0.263. The molecule has 1 heterocycles. The summed E-state index contributed by atoms with van der Waals surface area (Å²) in [6.07, 6.45) is 0. The van der Waals surface area contributed by atoms with Gasteiger partial charge in [-0.25, -0.2) is 14.2 Å². The van der Waals surface area contributed by atoms with Crippen molar-refractivity contribution in [1.29, 1.82) is 0 Å². The minimum absolute atomic E-state index is 0.236. The predicted octanol–water partition coefficient (Wildman–Crippen LogP) is 3.90. The van der Waals surface area contributed by atoms with Gasteiger partial charge in [-0.15, -0.1) is 0 Å². The quantitative estimate of drug-likeness (QED) is 0.464. The number of nitrogens with zero attached hydrogens (tertiary/aromatic N) is 2. The van der Waals surface area contributed by atoms with E-state index in [4.69, 9.17) is 9.47 Å². The largest absolute Gasteiger partial charge is 0.465 e. The van der Waals surface area contributed by atoms with Crippen LogP contribution in [-0.2, 0) is 21.8 Å². The van der Waals surface area contributed by atoms with Gasteiger partial charge in [-0.2, -0.15) is 0 Å². The van der Waals surface area contributed by atoms with E-state index in [2.05, 4.69) is 9.55 Å². The Hall–Kier alpha value is -2.38. The van der Waals surface area contributed by atoms with Crippen molar-refractivity contribution in [2.24, 2.45) is 0 Å². The lowest BCUT2D eigenvalue weighted by atomic mass is 10.1. The number of ether oxygens (including phenoxy) is 2. The van der Waals surface area contributed by atoms with Crippen LogP contribution in [0.15, 0.2) is 47.6 Å². The lowest BCUT2D eigenvalue weighted by Gasteiger charge is -2.10. The number of fused-ring (bicyclic) bond motifs is 1. The van der Waals surface area contributed by atoms with Crippen LogP contribution >= 0.6 is 11.8 Å². The van der Waals surface area contributed by atoms with E-state index in [-0.39, 0.29) is 5.56 Å². The first-order chi connectivity index (χ1) is 12.6. The van der Waals surface area contributed by atoms with Gasteiger partial charge in [0.25, 0.3) is 0 Å². The maximum Gasteiger partial charge on any atom is 0.338 e. The maximum absolute atomic E-state index is 13.5. The normalized spacial score (nSPS) is 11.0. The smallest absolute Gasteiger partial charge is 0.338 e. The molecule has 1 aromatic heterocycles. The summed E-state index contributed by atoms with van der Waals surface area (Å²) in [6, 6.07) is 12.0. The molecule has 26 heavy (non-hydrogen) atoms. The van der Waals surface area contributed by atoms with Crippen LogP contribution in [0.1, 0.15) is 15.9 Å². The number of benzene rings is 2. The van der Waals surface area contributed by atoms with E-state index in [1.54, 1.807) is 13.2 Å². The summed E-state index contributed by atoms with van der Waals surface area (Å²) in [5, 5.41) is 0.823. The monoisotopic (exact) mass is 374 g/mol. The van der Waals surface area contributed by atoms with Gasteiger partial charge in [0.05, 0.1) is 30.3 Å². The Morgan fingerprint density at radius 3 is 2.81 bits per heavy atom. The van der Waals surface area contributed by atoms with Crippen molar-refractivity contribution in [3.8, 4) is 0 Å². The van der Waals surface area contributed by atoms with Crippen molar-refractivity contribution in [3.63, 3.8) is 0 Å². The van der Waals surface area contributed by atoms with Gasteiger partial charge in [0.2, 0.25) is 0 Å². The van der Waals surface area contributed by atoms with Gasteiger partial charge >= 0.3 is 5.97 Å². The van der Waals surface area contributed by atoms with Crippen molar-refractivity contribution in [2.75, 3.05) is 20.8 Å². The number of esters is 1. The molecule has 3 rings (SSSR count). The number of hydrogen-bond acceptors (Lipinski definition) is 5. The molecular weight excluding hydrogens is 355 g/mol. The number of imidazole rings is 1. The zero-order valence-electron chi connectivity index (χ0n) is 14.6. The van der Waals surface area contributed by atoms with Crippen LogP contribution in [-0.4, -0.2) is 36.3 Å². The Kier molecular flexibility index (Phi) is 5.90. The molecule has 0 aliphatic rings. The molecule has 0 aliphatic carbocycles. The predicted molar refractivity (Wildman–Crippen MR) is 98.9 cm³/mol. The molecule has 3 aromatic rings. The number of hydrogen-bond donors (Lipinski definition) is 0. The minimum atomic E-state index is -0.548. The first-order valence-corrected chi connectivity index (χ1v) is 9.06. The van der Waals surface area contributed by atoms with Crippen molar-refractivity contribution in [2.45, 2.75) is 17.5 Å². The summed E-state index contributed by atoms with van der Waals surface area (Å²) >= 11 is 1.49. The number of carbonyl (C=O) groups excluding carboxylic acids is 1. The van der Waals surface area contributed by atoms with Crippen molar-refractivity contribution in [1.82, 2.24) is 9.55 Å². The van der Waals surface area contributed by atoms with E-state index >= 15 is 0 Å². The maximum atomic E-state index is 13.5. The third kappa shape index (κ3) is 3.89. The third-order valence-electron chi connectivity index (χ3n) is 3.97. The molecule has 0 N–H and O–H groups in total. The minimum Gasteiger partial charge on any atom is -0.465 e. The average Bonchev–Trinajstić information content (AvgIpc) is 3.02. The second-order valence-corrected chi connectivity index (χ2v) is 6.55. The lowest BCUT2D eigenvalue weighted by molar-refractivity contribution is 0.0599. The van der Waals surface area contributed by atoms with E-state index in [9.17, 15) is 9.18 Å². The van der Waals surface area contributed by atoms with Gasteiger partial charge in [-0.1, -0.05) is 30.0 Å². The zero-order chi connectivity index (χ0) is 18.5. The van der Waals surface area contributed by atoms with Crippen molar-refractivity contribution >= 4 is 28.8 Å². The Morgan fingerprint density at radius 2 is 2.04 bits per heavy atom. The SMILES string of the molecule is COCCn1c(SCc2ccc(F)cc2C(=O)OC)nc2ccccc21. The molecule has 7 heteroatoms. The standard InChI is InChI=1S/C19H19FN2O3S/c1-24-10-9-22-17-6-4-3-5-16(17)21-19(22)26-12-13-7-8-14(20)11-15(13)18(23)25-2/h3-8,11H,9-10,12H2,1-2H3. The number of para-hydroxylation sites is 2. The van der Waals surface area contributed by atoms with Crippen LogP contribution in [0.5, 0.6) is 0 Å². The van der Waals surface area contributed by atoms with Gasteiger partial charge in [0.15, 0.2) is 5.16 Å². The second kappa shape index (κ2) is 8.33. The van der Waals surface area contributed by atoms with E-state index in [1.165, 1.54) is 31.0 Å². The number of aromatic nitrogens is 2. The number of carbonyl (C=O) groups is 1. The van der Waals surface area contributed by atoms with Crippen LogP contribution in [0.25, 0.3) is 11.0 Å². The number of thioether (sulfide) groups is 1. The molecule has 0 bridgehead atoms. The van der Waals surface area contributed by atoms with Crippen LogP contribution in [0, 0.1) is 5.82 Å². The Balaban J connectivity index is 1.89. The van der Waals surface area contributed by atoms with Gasteiger partial charge in [-0.05, 0) is 29.8 Å². The number of rotatable bonds is 7. The molecule has 0 saturated heterocycles. The van der Waals surface area contributed by atoms with Gasteiger partial charge < -0.3 is 14.0 Å². The van der Waals surface area contributed by atoms with Crippen LogP contribution in [0.3, 0.4) is 0 Å². The van der Waals surface area contributed by atoms with E-state index in [0.29, 0.717) is 24.5 Å². The van der Waals surface area contributed by atoms with Crippen molar-refractivity contribution in [3.05, 3.63) is 59.4 Å². The Bertz CT molecular complexity index is 926. The van der Waals surface area contributed by atoms with Gasteiger partial charge in [0, 0.05) is 19.4 Å². The average molecular weight is 374 g/mol. The van der Waals surface area contributed by atoms with Crippen LogP contribution in [0.4, 0.5) is 4.39 Å². The fourth-order valence-corrected chi connectivity index (χ4v) is 3.72. The highest BCUT2D eigenvalue weighted by atomic mass is 32.2. The molecule has 0 fully saturated rings. The summed E-state index contributed by atoms with van der Waals surface area (Å²) in [6.45, 7) is 1.24. The molecule has 0 unspecified atom stereocenters. The first kappa shape index (κ1) is 18.4. The molecular formula is C19H19FN2O3S. The van der Waals surface area contributed by atoms with E-state index in [1.807, 2.05) is 24.3 Å². The fourth-order valence-electron chi connectivity index (χ4n) is 2.68. The molecule has 136 valence electrons. The summed E-state index contributed by atoms with van der Waals surface area (Å²) in [5.41, 5.74) is 2.87. The van der Waals surface area contributed by atoms with Gasteiger partial charge in [0.1, 0.15) is 5.82 Å². The molecule has 0 aliphatic heterocycles. The topological polar surface area (TPSA) is 53.4 Å². The number of methoxy groups -OCH3 is 2. The highest BCUT2D eigenvalue weighted by Gasteiger charge is 2.16. The summed E-state index contributed by atoms with van der Waals surface area (Å²) in [4.78, 5) is 16.6. The summed E-state index contributed by atoms with van der Waals surface area (Å²) in [5.74, 6) is -0.541. The molecule has 0 radical (unpaired) electrons. The Morgan fingerprint density at radius 1 is 1.23 bits per heavy atom. The highest BCUT2D eigenvalue weighted by molar-refractivity contribution is 7.98. The molecule has 0 atom stereocenters. The van der Waals surface area contributed by atoms with Gasteiger partial charge in [-0.3, -0.25) is 0 Å². The molecule has 0 saturated carbocycles. The van der Waals surface area contributed by atoms with Crippen LogP contribution in [0.2, 0.25) is 0 Å². The highest BCUT2D eigenvalue weighted by Crippen LogP contribution is 2.28. The second-order valence-electron chi connectivity index (χ2n) is 5.61. The number of halogens is 1. The third-order valence-corrected chi connectivity index (χ3v) is 5.00. The van der Waals surface area contributed by atoms with Crippen LogP contribution < -0.4 is 0 Å². The molecule has 5 nitrogen and oxygen atoms in total. The molecule has 0 spiro atoms. The zero-order valence-corrected chi connectivity index (χ0v) is 15.4. The molecule has 0 amide bonds.